The highest BCUT2D eigenvalue weighted by Gasteiger charge is 2.23. The highest BCUT2D eigenvalue weighted by atomic mass is 32.2. The molecule has 0 heterocycles. The van der Waals surface area contributed by atoms with Crippen molar-refractivity contribution >= 4 is 38.1 Å². The summed E-state index contributed by atoms with van der Waals surface area (Å²) >= 11 is 0.640. The van der Waals surface area contributed by atoms with Crippen LogP contribution in [0.4, 0.5) is 0 Å². The standard InChI is InChI=1S/C21H18O12S3/c1-12-3-4-13(9-18(12)34-33-32-23)21(22)14-5-7-17(19(10-14)35(24,25)26)31-15-6-8-16(30-2)20(11-15)36(27,28)29/h3-11,23H,1-2H3,(H,24,25,26)(H,27,28,29). The number of carbonyl (C=O) groups excluding carboxylic acids is 1. The average Bonchev–Trinajstić information content (AvgIpc) is 2.82. The molecular weight excluding hydrogens is 540 g/mol. The van der Waals surface area contributed by atoms with Crippen LogP contribution in [0.15, 0.2) is 69.3 Å². The molecule has 15 heteroatoms. The lowest BCUT2D eigenvalue weighted by Gasteiger charge is -2.13. The van der Waals surface area contributed by atoms with Crippen LogP contribution < -0.4 is 9.47 Å². The zero-order valence-corrected chi connectivity index (χ0v) is 20.9. The van der Waals surface area contributed by atoms with Gasteiger partial charge in [-0.25, -0.2) is 5.26 Å². The smallest absolute Gasteiger partial charge is 0.298 e. The van der Waals surface area contributed by atoms with Crippen molar-refractivity contribution in [1.29, 1.82) is 0 Å². The lowest BCUT2D eigenvalue weighted by atomic mass is 10.0. The first-order valence-corrected chi connectivity index (χ1v) is 13.2. The predicted molar refractivity (Wildman–Crippen MR) is 124 cm³/mol. The van der Waals surface area contributed by atoms with E-state index in [1.165, 1.54) is 37.4 Å². The molecule has 3 aromatic carbocycles. The molecule has 0 saturated carbocycles. The van der Waals surface area contributed by atoms with Crippen molar-refractivity contribution in [3.63, 3.8) is 0 Å². The molecule has 0 fully saturated rings. The van der Waals surface area contributed by atoms with E-state index in [2.05, 4.69) is 9.37 Å². The largest absolute Gasteiger partial charge is 0.495 e. The van der Waals surface area contributed by atoms with Gasteiger partial charge in [-0.1, -0.05) is 17.2 Å². The number of aryl methyl sites for hydroxylation is 1. The van der Waals surface area contributed by atoms with Crippen molar-refractivity contribution in [3.05, 3.63) is 71.3 Å². The molecule has 0 amide bonds. The molecule has 3 rings (SSSR count). The second-order valence-corrected chi connectivity index (χ2v) is 10.6. The molecule has 0 spiro atoms. The van der Waals surface area contributed by atoms with E-state index in [1.807, 2.05) is 0 Å². The number of hydrogen-bond donors (Lipinski definition) is 3. The average molecular weight is 559 g/mol. The van der Waals surface area contributed by atoms with Crippen LogP contribution in [0.5, 0.6) is 17.2 Å². The van der Waals surface area contributed by atoms with E-state index in [0.717, 1.165) is 18.2 Å². The Balaban J connectivity index is 2.02. The van der Waals surface area contributed by atoms with Gasteiger partial charge in [0.1, 0.15) is 27.0 Å². The van der Waals surface area contributed by atoms with Crippen LogP contribution in [0.3, 0.4) is 0 Å². The summed E-state index contributed by atoms with van der Waals surface area (Å²) in [5.41, 5.74) is 0.703. The van der Waals surface area contributed by atoms with Crippen molar-refractivity contribution < 1.29 is 54.8 Å². The minimum Gasteiger partial charge on any atom is -0.495 e. The van der Waals surface area contributed by atoms with E-state index >= 15 is 0 Å². The van der Waals surface area contributed by atoms with E-state index in [9.17, 15) is 30.7 Å². The highest BCUT2D eigenvalue weighted by Crippen LogP contribution is 2.34. The molecule has 192 valence electrons. The summed E-state index contributed by atoms with van der Waals surface area (Å²) in [7, 11) is -8.44. The molecule has 0 aliphatic heterocycles. The minimum absolute atomic E-state index is 0.123. The van der Waals surface area contributed by atoms with Crippen molar-refractivity contribution in [2.45, 2.75) is 21.6 Å². The Morgan fingerprint density at radius 1 is 0.833 bits per heavy atom. The third-order valence-electron chi connectivity index (χ3n) is 4.73. The number of hydrogen-bond acceptors (Lipinski definition) is 11. The molecule has 0 bridgehead atoms. The van der Waals surface area contributed by atoms with Gasteiger partial charge in [-0.15, -0.1) is 4.33 Å². The SMILES string of the molecule is COc1ccc(Oc2ccc(C(=O)c3ccc(C)c(SOOO)c3)cc2S(=O)(=O)O)cc1S(=O)(=O)O. The van der Waals surface area contributed by atoms with Gasteiger partial charge in [-0.3, -0.25) is 13.9 Å². The summed E-state index contributed by atoms with van der Waals surface area (Å²) in [6.45, 7) is 1.71. The topological polar surface area (TPSA) is 183 Å². The second kappa shape index (κ2) is 10.9. The van der Waals surface area contributed by atoms with E-state index in [0.29, 0.717) is 22.5 Å². The molecule has 0 atom stereocenters. The highest BCUT2D eigenvalue weighted by molar-refractivity contribution is 7.94. The van der Waals surface area contributed by atoms with Gasteiger partial charge in [0.15, 0.2) is 5.78 Å². The molecule has 0 aliphatic carbocycles. The maximum Gasteiger partial charge on any atom is 0.298 e. The number of benzene rings is 3. The fourth-order valence-corrected chi connectivity index (χ4v) is 4.82. The lowest BCUT2D eigenvalue weighted by molar-refractivity contribution is -0.432. The zero-order chi connectivity index (χ0) is 26.7. The van der Waals surface area contributed by atoms with Gasteiger partial charge in [0.25, 0.3) is 20.2 Å². The van der Waals surface area contributed by atoms with E-state index < -0.39 is 41.6 Å². The summed E-state index contributed by atoms with van der Waals surface area (Å²) in [5.74, 6) is -1.43. The molecule has 0 unspecified atom stereocenters. The Morgan fingerprint density at radius 2 is 1.42 bits per heavy atom. The summed E-state index contributed by atoms with van der Waals surface area (Å²) < 4.78 is 81.2. The molecule has 12 nitrogen and oxygen atoms in total. The molecule has 36 heavy (non-hydrogen) atoms. The zero-order valence-electron chi connectivity index (χ0n) is 18.4. The van der Waals surface area contributed by atoms with E-state index in [-0.39, 0.29) is 22.6 Å². The molecule has 0 aliphatic rings. The number of carbonyl (C=O) groups is 1. The molecular formula is C21H18O12S3. The van der Waals surface area contributed by atoms with Crippen LogP contribution in [0.2, 0.25) is 0 Å². The molecule has 0 aromatic heterocycles. The van der Waals surface area contributed by atoms with Gasteiger partial charge in [-0.05, 0) is 48.9 Å². The first-order chi connectivity index (χ1) is 16.8. The van der Waals surface area contributed by atoms with E-state index in [4.69, 9.17) is 14.7 Å². The van der Waals surface area contributed by atoms with Crippen molar-refractivity contribution in [2.75, 3.05) is 7.11 Å². The Kier molecular flexibility index (Phi) is 8.37. The maximum absolute atomic E-state index is 13.0. The second-order valence-electron chi connectivity index (χ2n) is 7.06. The number of ketones is 1. The van der Waals surface area contributed by atoms with Crippen molar-refractivity contribution in [2.24, 2.45) is 0 Å². The van der Waals surface area contributed by atoms with Crippen LogP contribution >= 0.6 is 12.0 Å². The fraction of sp³-hybridized carbons (Fsp3) is 0.0952. The summed E-state index contributed by atoms with van der Waals surface area (Å²) in [5, 5.41) is 11.9. The molecule has 0 radical (unpaired) electrons. The van der Waals surface area contributed by atoms with E-state index in [1.54, 1.807) is 13.0 Å². The van der Waals surface area contributed by atoms with Crippen LogP contribution in [0.1, 0.15) is 21.5 Å². The Labute approximate surface area is 209 Å². The minimum atomic E-state index is -4.91. The van der Waals surface area contributed by atoms with Crippen LogP contribution in [-0.2, 0) is 29.6 Å². The molecule has 0 saturated heterocycles. The van der Waals surface area contributed by atoms with Crippen LogP contribution in [0, 0.1) is 6.92 Å². The summed E-state index contributed by atoms with van der Waals surface area (Å²) in [6.07, 6.45) is 0. The number of ether oxygens (including phenoxy) is 2. The normalized spacial score (nSPS) is 11.8. The number of methoxy groups -OCH3 is 1. The number of rotatable bonds is 10. The monoisotopic (exact) mass is 558 g/mol. The van der Waals surface area contributed by atoms with Gasteiger partial charge in [0.05, 0.1) is 19.2 Å². The Morgan fingerprint density at radius 3 is 2.03 bits per heavy atom. The van der Waals surface area contributed by atoms with Crippen molar-refractivity contribution in [1.82, 2.24) is 0 Å². The summed E-state index contributed by atoms with van der Waals surface area (Å²) in [4.78, 5) is 12.0. The summed E-state index contributed by atoms with van der Waals surface area (Å²) in [6, 6.07) is 11.0. The van der Waals surface area contributed by atoms with Gasteiger partial charge in [-0.2, -0.15) is 16.8 Å². The predicted octanol–water partition coefficient (Wildman–Crippen LogP) is 3.95. The first-order valence-electron chi connectivity index (χ1n) is 9.60. The first kappa shape index (κ1) is 27.6. The van der Waals surface area contributed by atoms with Crippen LogP contribution in [0.25, 0.3) is 0 Å². The van der Waals surface area contributed by atoms with Crippen molar-refractivity contribution in [3.8, 4) is 17.2 Å². The maximum atomic E-state index is 13.0. The van der Waals surface area contributed by atoms with Gasteiger partial charge in [0.2, 0.25) is 0 Å². The third-order valence-corrected chi connectivity index (χ3v) is 7.23. The third kappa shape index (κ3) is 6.40. The quantitative estimate of drug-likeness (QED) is 0.107. The Hall–Kier alpha value is -3.02. The Bertz CT molecular complexity index is 1520. The van der Waals surface area contributed by atoms with Gasteiger partial charge in [0, 0.05) is 22.1 Å². The lowest BCUT2D eigenvalue weighted by Crippen LogP contribution is -2.07. The van der Waals surface area contributed by atoms with Gasteiger partial charge >= 0.3 is 0 Å². The molecule has 3 aromatic rings. The fourth-order valence-electron chi connectivity index (χ4n) is 3.03. The van der Waals surface area contributed by atoms with Crippen LogP contribution in [-0.4, -0.2) is 44.1 Å². The van der Waals surface area contributed by atoms with Gasteiger partial charge < -0.3 is 9.47 Å². The molecule has 3 N–H and O–H groups in total.